The molecule has 0 aliphatic carbocycles. The second kappa shape index (κ2) is 8.60. The summed E-state index contributed by atoms with van der Waals surface area (Å²) in [7, 11) is 0. The van der Waals surface area contributed by atoms with E-state index in [1.165, 1.54) is 10.2 Å². The zero-order valence-electron chi connectivity index (χ0n) is 17.2. The van der Waals surface area contributed by atoms with Gasteiger partial charge in [0.05, 0.1) is 6.26 Å². The number of H-pyrrole nitrogens is 1. The molecule has 0 radical (unpaired) electrons. The number of hydrogen-bond acceptors (Lipinski definition) is 8. The molecule has 0 atom stereocenters. The summed E-state index contributed by atoms with van der Waals surface area (Å²) < 4.78 is 6.91. The number of nitrogens with two attached hydrogens (primary N) is 1. The van der Waals surface area contributed by atoms with Crippen LogP contribution in [0.1, 0.15) is 6.42 Å². The predicted octanol–water partition coefficient (Wildman–Crippen LogP) is 1.40. The van der Waals surface area contributed by atoms with E-state index >= 15 is 0 Å². The first-order valence-corrected chi connectivity index (χ1v) is 10.5. The van der Waals surface area contributed by atoms with Crippen LogP contribution in [0.25, 0.3) is 17.4 Å². The summed E-state index contributed by atoms with van der Waals surface area (Å²) >= 11 is 0. The lowest BCUT2D eigenvalue weighted by Crippen LogP contribution is -2.46. The van der Waals surface area contributed by atoms with Crippen LogP contribution < -0.4 is 20.5 Å². The van der Waals surface area contributed by atoms with Gasteiger partial charge in [0, 0.05) is 38.4 Å². The molecule has 160 valence electrons. The van der Waals surface area contributed by atoms with Crippen LogP contribution in [0, 0.1) is 0 Å². The van der Waals surface area contributed by atoms with Crippen LogP contribution in [0.3, 0.4) is 0 Å². The summed E-state index contributed by atoms with van der Waals surface area (Å²) in [5, 5.41) is 6.31. The summed E-state index contributed by atoms with van der Waals surface area (Å²) in [5.74, 6) is 2.38. The molecule has 0 saturated carbocycles. The molecule has 31 heavy (non-hydrogen) atoms. The predicted molar refractivity (Wildman–Crippen MR) is 118 cm³/mol. The third-order valence-electron chi connectivity index (χ3n) is 5.47. The molecule has 10 heteroatoms. The number of benzene rings is 1. The molecular weight excluding hydrogens is 394 g/mol. The van der Waals surface area contributed by atoms with Crippen LogP contribution in [0.5, 0.6) is 0 Å². The molecule has 0 amide bonds. The monoisotopic (exact) mass is 420 g/mol. The Hall–Kier alpha value is -3.66. The second-order valence-corrected chi connectivity index (χ2v) is 7.53. The molecule has 3 aromatic heterocycles. The zero-order valence-corrected chi connectivity index (χ0v) is 17.2. The van der Waals surface area contributed by atoms with E-state index in [-0.39, 0.29) is 5.95 Å². The molecule has 4 heterocycles. The van der Waals surface area contributed by atoms with E-state index in [1.54, 1.807) is 12.3 Å². The molecule has 1 aliphatic rings. The largest absolute Gasteiger partial charge is 0.460 e. The van der Waals surface area contributed by atoms with E-state index in [1.807, 2.05) is 6.07 Å². The first kappa shape index (κ1) is 19.3. The molecule has 4 aromatic rings. The van der Waals surface area contributed by atoms with E-state index < -0.39 is 0 Å². The van der Waals surface area contributed by atoms with Gasteiger partial charge < -0.3 is 20.4 Å². The van der Waals surface area contributed by atoms with Gasteiger partial charge in [0.15, 0.2) is 5.76 Å². The van der Waals surface area contributed by atoms with Gasteiger partial charge in [-0.15, -0.1) is 4.52 Å². The smallest absolute Gasteiger partial charge is 0.384 e. The highest BCUT2D eigenvalue weighted by Gasteiger charge is 2.20. The van der Waals surface area contributed by atoms with Gasteiger partial charge in [-0.05, 0) is 37.2 Å². The Morgan fingerprint density at radius 2 is 1.87 bits per heavy atom. The van der Waals surface area contributed by atoms with Crippen molar-refractivity contribution in [3.63, 3.8) is 0 Å². The normalized spacial score (nSPS) is 14.9. The van der Waals surface area contributed by atoms with Crippen molar-refractivity contribution in [3.05, 3.63) is 48.7 Å². The summed E-state index contributed by atoms with van der Waals surface area (Å²) in [6.45, 7) is 6.06. The molecule has 5 rings (SSSR count). The van der Waals surface area contributed by atoms with Crippen LogP contribution in [0.15, 0.2) is 53.1 Å². The van der Waals surface area contributed by atoms with E-state index in [0.717, 1.165) is 45.7 Å². The lowest BCUT2D eigenvalue weighted by molar-refractivity contribution is -0.566. The Morgan fingerprint density at radius 1 is 1.03 bits per heavy atom. The fourth-order valence-electron chi connectivity index (χ4n) is 3.82. The first-order chi connectivity index (χ1) is 15.3. The van der Waals surface area contributed by atoms with E-state index in [9.17, 15) is 0 Å². The average Bonchev–Trinajstić information content (AvgIpc) is 3.48. The number of fused-ring (bicyclic) bond motifs is 1. The number of hydrogen-bond donors (Lipinski definition) is 3. The maximum Gasteiger partial charge on any atom is 0.384 e. The quantitative estimate of drug-likeness (QED) is 0.304. The minimum Gasteiger partial charge on any atom is -0.460 e. The lowest BCUT2D eigenvalue weighted by atomic mass is 10.2. The molecule has 1 aromatic carbocycles. The number of rotatable bonds is 7. The Morgan fingerprint density at radius 3 is 2.65 bits per heavy atom. The molecule has 10 nitrogen and oxygen atoms in total. The van der Waals surface area contributed by atoms with Gasteiger partial charge in [-0.3, -0.25) is 4.90 Å². The minimum atomic E-state index is 0.287. The number of nitrogens with zero attached hydrogens (tertiary/aromatic N) is 6. The van der Waals surface area contributed by atoms with Crippen LogP contribution >= 0.6 is 0 Å². The Labute approximate surface area is 179 Å². The van der Waals surface area contributed by atoms with Crippen molar-refractivity contribution in [2.24, 2.45) is 0 Å². The molecule has 0 unspecified atom stereocenters. The van der Waals surface area contributed by atoms with Crippen LogP contribution in [-0.2, 0) is 0 Å². The number of anilines is 3. The standard InChI is InChI=1S/C21H25N9O/c22-19-25-20(26-21-24-18(27-30(19)21)17-8-4-15-31-17)23-9-5-10-28-11-13-29(14-12-28)16-6-2-1-3-7-16/h1-4,6-8,15H,5,9-14H2,(H3,22,23,24,25,26,27)/p+1. The van der Waals surface area contributed by atoms with Crippen LogP contribution in [0.4, 0.5) is 17.6 Å². The SMILES string of the molecule is Nc1nc(NCCCN2CCN(c3ccccc3)CC2)nc2nc(-c3ccco3)[nH][n+]12. The van der Waals surface area contributed by atoms with Crippen molar-refractivity contribution in [2.75, 3.05) is 55.2 Å². The number of aromatic nitrogens is 5. The highest BCUT2D eigenvalue weighted by molar-refractivity contribution is 5.48. The highest BCUT2D eigenvalue weighted by atomic mass is 16.3. The number of nitrogens with one attached hydrogen (secondary N) is 2. The van der Waals surface area contributed by atoms with Crippen molar-refractivity contribution in [1.82, 2.24) is 25.0 Å². The van der Waals surface area contributed by atoms with Gasteiger partial charge in [0.1, 0.15) is 0 Å². The van der Waals surface area contributed by atoms with E-state index in [0.29, 0.717) is 23.3 Å². The Balaban J connectivity index is 1.12. The third-order valence-corrected chi connectivity index (χ3v) is 5.47. The van der Waals surface area contributed by atoms with Gasteiger partial charge in [-0.1, -0.05) is 33.2 Å². The summed E-state index contributed by atoms with van der Waals surface area (Å²) in [4.78, 5) is 18.2. The summed E-state index contributed by atoms with van der Waals surface area (Å²) in [6, 6.07) is 14.2. The molecule has 4 N–H and O–H groups in total. The van der Waals surface area contributed by atoms with E-state index in [4.69, 9.17) is 10.2 Å². The van der Waals surface area contributed by atoms with Crippen molar-refractivity contribution in [1.29, 1.82) is 0 Å². The van der Waals surface area contributed by atoms with Gasteiger partial charge in [-0.25, -0.2) is 5.10 Å². The summed E-state index contributed by atoms with van der Waals surface area (Å²) in [5.41, 5.74) is 7.37. The topological polar surface area (TPSA) is 116 Å². The van der Waals surface area contributed by atoms with Crippen LogP contribution in [0.2, 0.25) is 0 Å². The molecule has 1 saturated heterocycles. The average molecular weight is 421 g/mol. The fourth-order valence-corrected chi connectivity index (χ4v) is 3.82. The highest BCUT2D eigenvalue weighted by Crippen LogP contribution is 2.16. The molecule has 0 spiro atoms. The minimum absolute atomic E-state index is 0.287. The maximum atomic E-state index is 6.06. The van der Waals surface area contributed by atoms with Crippen LogP contribution in [-0.4, -0.2) is 64.2 Å². The number of aromatic amines is 1. The number of nitrogen functional groups attached to an aromatic ring is 1. The first-order valence-electron chi connectivity index (χ1n) is 10.5. The van der Waals surface area contributed by atoms with Gasteiger partial charge in [0.25, 0.3) is 0 Å². The second-order valence-electron chi connectivity index (χ2n) is 7.53. The number of para-hydroxylation sites is 1. The zero-order chi connectivity index (χ0) is 21.0. The Bertz CT molecular complexity index is 1120. The number of furan rings is 1. The summed E-state index contributed by atoms with van der Waals surface area (Å²) in [6.07, 6.45) is 2.59. The van der Waals surface area contributed by atoms with Crippen molar-refractivity contribution in [2.45, 2.75) is 6.42 Å². The maximum absolute atomic E-state index is 6.06. The lowest BCUT2D eigenvalue weighted by Gasteiger charge is -2.36. The number of piperazine rings is 1. The van der Waals surface area contributed by atoms with Crippen molar-refractivity contribution < 1.29 is 8.93 Å². The molecule has 1 fully saturated rings. The molecule has 0 bridgehead atoms. The van der Waals surface area contributed by atoms with Gasteiger partial charge in [-0.2, -0.15) is 0 Å². The van der Waals surface area contributed by atoms with E-state index in [2.05, 4.69) is 65.5 Å². The molecule has 1 aliphatic heterocycles. The van der Waals surface area contributed by atoms with Crippen molar-refractivity contribution >= 4 is 23.4 Å². The molecular formula is C21H26N9O+. The van der Waals surface area contributed by atoms with Crippen molar-refractivity contribution in [3.8, 4) is 11.6 Å². The Kier molecular flexibility index (Phi) is 5.36. The fraction of sp³-hybridized carbons (Fsp3) is 0.333. The van der Waals surface area contributed by atoms with Gasteiger partial charge >= 0.3 is 17.7 Å². The van der Waals surface area contributed by atoms with Gasteiger partial charge in [0.2, 0.25) is 5.82 Å². The third kappa shape index (κ3) is 4.29.